The van der Waals surface area contributed by atoms with Gasteiger partial charge in [0.2, 0.25) is 0 Å². The van der Waals surface area contributed by atoms with Gasteiger partial charge in [-0.05, 0) is 56.5 Å². The Bertz CT molecular complexity index is 633. The van der Waals surface area contributed by atoms with E-state index >= 15 is 0 Å². The van der Waals surface area contributed by atoms with Crippen molar-refractivity contribution in [3.63, 3.8) is 0 Å². The number of piperidine rings is 1. The van der Waals surface area contributed by atoms with Gasteiger partial charge < -0.3 is 14.5 Å². The molecule has 28 heavy (non-hydrogen) atoms. The Hall–Kier alpha value is -2.08. The second kappa shape index (κ2) is 10.5. The first-order valence-electron chi connectivity index (χ1n) is 10.7. The highest BCUT2D eigenvalue weighted by Gasteiger charge is 2.22. The fourth-order valence-corrected chi connectivity index (χ4v) is 3.81. The number of hydrogen-bond donors (Lipinski definition) is 0. The molecule has 2 saturated heterocycles. The van der Waals surface area contributed by atoms with Crippen LogP contribution < -0.4 is 4.74 Å². The lowest BCUT2D eigenvalue weighted by Gasteiger charge is -2.34. The molecule has 154 valence electrons. The number of benzene rings is 1. The van der Waals surface area contributed by atoms with Gasteiger partial charge in [0, 0.05) is 44.8 Å². The van der Waals surface area contributed by atoms with Crippen molar-refractivity contribution in [1.82, 2.24) is 14.7 Å². The molecule has 0 spiro atoms. The smallest absolute Gasteiger partial charge is 0.260 e. The molecule has 0 radical (unpaired) electrons. The molecule has 2 fully saturated rings. The molecule has 1 aromatic rings. The molecule has 1 aromatic carbocycles. The Morgan fingerprint density at radius 1 is 0.893 bits per heavy atom. The van der Waals surface area contributed by atoms with E-state index in [0.29, 0.717) is 11.3 Å². The summed E-state index contributed by atoms with van der Waals surface area (Å²) in [6, 6.07) is 7.17. The predicted octanol–water partition coefficient (Wildman–Crippen LogP) is 2.64. The quantitative estimate of drug-likeness (QED) is 0.722. The standard InChI is InChI=1S/C22H33N3O3/c1-2-3-11-23-14-16-25(17-15-23)22(27)19-7-9-20(10-8-19)28-18-21(26)24-12-5-4-6-13-24/h7-10H,2-6,11-18H2,1H3. The average Bonchev–Trinajstić information content (AvgIpc) is 2.77. The van der Waals surface area contributed by atoms with Crippen molar-refractivity contribution in [2.45, 2.75) is 39.0 Å². The predicted molar refractivity (Wildman–Crippen MR) is 110 cm³/mol. The Kier molecular flexibility index (Phi) is 7.71. The van der Waals surface area contributed by atoms with Crippen LogP contribution in [-0.4, -0.2) is 78.9 Å². The molecule has 0 bridgehead atoms. The molecule has 0 atom stereocenters. The van der Waals surface area contributed by atoms with Gasteiger partial charge >= 0.3 is 0 Å². The zero-order valence-electron chi connectivity index (χ0n) is 17.1. The average molecular weight is 388 g/mol. The minimum absolute atomic E-state index is 0.0424. The Morgan fingerprint density at radius 3 is 2.21 bits per heavy atom. The molecule has 2 aliphatic heterocycles. The van der Waals surface area contributed by atoms with Crippen LogP contribution in [0.15, 0.2) is 24.3 Å². The van der Waals surface area contributed by atoms with Gasteiger partial charge in [-0.15, -0.1) is 0 Å². The number of unbranched alkanes of at least 4 members (excludes halogenated alkanes) is 1. The van der Waals surface area contributed by atoms with Crippen molar-refractivity contribution in [2.24, 2.45) is 0 Å². The van der Waals surface area contributed by atoms with Gasteiger partial charge in [-0.25, -0.2) is 0 Å². The van der Waals surface area contributed by atoms with Crippen molar-refractivity contribution >= 4 is 11.8 Å². The van der Waals surface area contributed by atoms with Crippen molar-refractivity contribution in [3.05, 3.63) is 29.8 Å². The molecule has 6 nitrogen and oxygen atoms in total. The third-order valence-electron chi connectivity index (χ3n) is 5.66. The van der Waals surface area contributed by atoms with E-state index in [-0.39, 0.29) is 18.4 Å². The number of piperazine rings is 1. The molecular formula is C22H33N3O3. The summed E-state index contributed by atoms with van der Waals surface area (Å²) in [6.07, 6.45) is 5.78. The lowest BCUT2D eigenvalue weighted by molar-refractivity contribution is -0.134. The summed E-state index contributed by atoms with van der Waals surface area (Å²) in [5.74, 6) is 0.748. The van der Waals surface area contributed by atoms with E-state index in [4.69, 9.17) is 4.74 Å². The Balaban J connectivity index is 1.44. The lowest BCUT2D eigenvalue weighted by atomic mass is 10.1. The largest absolute Gasteiger partial charge is 0.484 e. The second-order valence-electron chi connectivity index (χ2n) is 7.74. The summed E-state index contributed by atoms with van der Waals surface area (Å²) >= 11 is 0. The Labute approximate surface area is 168 Å². The van der Waals surface area contributed by atoms with E-state index in [1.165, 1.54) is 19.3 Å². The van der Waals surface area contributed by atoms with E-state index in [1.807, 2.05) is 9.80 Å². The monoisotopic (exact) mass is 387 g/mol. The zero-order chi connectivity index (χ0) is 19.8. The van der Waals surface area contributed by atoms with Crippen LogP contribution in [-0.2, 0) is 4.79 Å². The number of likely N-dealkylation sites (tertiary alicyclic amines) is 1. The van der Waals surface area contributed by atoms with Crippen LogP contribution in [0.3, 0.4) is 0 Å². The number of nitrogens with zero attached hydrogens (tertiary/aromatic N) is 3. The molecular weight excluding hydrogens is 354 g/mol. The van der Waals surface area contributed by atoms with E-state index < -0.39 is 0 Å². The molecule has 0 aliphatic carbocycles. The minimum atomic E-state index is 0.0424. The van der Waals surface area contributed by atoms with E-state index in [1.54, 1.807) is 24.3 Å². The van der Waals surface area contributed by atoms with Crippen LogP contribution in [0.25, 0.3) is 0 Å². The SMILES string of the molecule is CCCCN1CCN(C(=O)c2ccc(OCC(=O)N3CCCCC3)cc2)CC1. The molecule has 6 heteroatoms. The second-order valence-corrected chi connectivity index (χ2v) is 7.74. The van der Waals surface area contributed by atoms with Gasteiger partial charge in [-0.2, -0.15) is 0 Å². The van der Waals surface area contributed by atoms with Gasteiger partial charge in [0.1, 0.15) is 5.75 Å². The normalized spacial score (nSPS) is 18.2. The summed E-state index contributed by atoms with van der Waals surface area (Å²) in [6.45, 7) is 8.53. The van der Waals surface area contributed by atoms with Gasteiger partial charge in [0.25, 0.3) is 11.8 Å². The molecule has 0 unspecified atom stereocenters. The van der Waals surface area contributed by atoms with E-state index in [2.05, 4.69) is 11.8 Å². The maximum absolute atomic E-state index is 12.7. The first-order chi connectivity index (χ1) is 13.7. The highest BCUT2D eigenvalue weighted by molar-refractivity contribution is 5.94. The summed E-state index contributed by atoms with van der Waals surface area (Å²) in [7, 11) is 0. The van der Waals surface area contributed by atoms with Gasteiger partial charge in [0.05, 0.1) is 0 Å². The first-order valence-corrected chi connectivity index (χ1v) is 10.7. The topological polar surface area (TPSA) is 53.1 Å². The summed E-state index contributed by atoms with van der Waals surface area (Å²) in [5, 5.41) is 0. The van der Waals surface area contributed by atoms with Crippen LogP contribution in [0, 0.1) is 0 Å². The zero-order valence-corrected chi connectivity index (χ0v) is 17.1. The molecule has 3 rings (SSSR count). The third kappa shape index (κ3) is 5.71. The summed E-state index contributed by atoms with van der Waals surface area (Å²) in [5.41, 5.74) is 0.678. The maximum Gasteiger partial charge on any atom is 0.260 e. The number of hydrogen-bond acceptors (Lipinski definition) is 4. The van der Waals surface area contributed by atoms with Gasteiger partial charge in [-0.1, -0.05) is 13.3 Å². The lowest BCUT2D eigenvalue weighted by Crippen LogP contribution is -2.48. The van der Waals surface area contributed by atoms with Gasteiger partial charge in [-0.3, -0.25) is 14.5 Å². The highest BCUT2D eigenvalue weighted by Crippen LogP contribution is 2.16. The number of rotatable bonds is 7. The van der Waals surface area contributed by atoms with Crippen LogP contribution >= 0.6 is 0 Å². The molecule has 2 heterocycles. The fourth-order valence-electron chi connectivity index (χ4n) is 3.81. The Morgan fingerprint density at radius 2 is 1.57 bits per heavy atom. The summed E-state index contributed by atoms with van der Waals surface area (Å²) in [4.78, 5) is 31.1. The van der Waals surface area contributed by atoms with Crippen molar-refractivity contribution in [3.8, 4) is 5.75 Å². The molecule has 0 saturated carbocycles. The van der Waals surface area contributed by atoms with Gasteiger partial charge in [0.15, 0.2) is 6.61 Å². The summed E-state index contributed by atoms with van der Waals surface area (Å²) < 4.78 is 5.63. The van der Waals surface area contributed by atoms with Crippen LogP contribution in [0.2, 0.25) is 0 Å². The third-order valence-corrected chi connectivity index (χ3v) is 5.66. The first kappa shape index (κ1) is 20.6. The number of carbonyl (C=O) groups excluding carboxylic acids is 2. The van der Waals surface area contributed by atoms with Crippen molar-refractivity contribution in [1.29, 1.82) is 0 Å². The maximum atomic E-state index is 12.7. The molecule has 0 N–H and O–H groups in total. The highest BCUT2D eigenvalue weighted by atomic mass is 16.5. The van der Waals surface area contributed by atoms with Crippen LogP contribution in [0.5, 0.6) is 5.75 Å². The minimum Gasteiger partial charge on any atom is -0.484 e. The van der Waals surface area contributed by atoms with Crippen molar-refractivity contribution in [2.75, 3.05) is 52.4 Å². The van der Waals surface area contributed by atoms with Crippen molar-refractivity contribution < 1.29 is 14.3 Å². The number of amides is 2. The molecule has 2 amide bonds. The molecule has 0 aromatic heterocycles. The van der Waals surface area contributed by atoms with E-state index in [0.717, 1.165) is 58.7 Å². The fraction of sp³-hybridized carbons (Fsp3) is 0.636. The number of ether oxygens (including phenoxy) is 1. The van der Waals surface area contributed by atoms with E-state index in [9.17, 15) is 9.59 Å². The number of carbonyl (C=O) groups is 2. The molecule has 2 aliphatic rings. The van der Waals surface area contributed by atoms with Crippen LogP contribution in [0.4, 0.5) is 0 Å². The van der Waals surface area contributed by atoms with Crippen LogP contribution in [0.1, 0.15) is 49.4 Å².